The minimum atomic E-state index is 0.193. The fraction of sp³-hybridized carbons (Fsp3) is 0.533. The smallest absolute Gasteiger partial charge is 0.228 e. The number of amides is 1. The molecule has 2 rings (SSSR count). The number of nitrogens with zero attached hydrogens (tertiary/aromatic N) is 1. The predicted octanol–water partition coefficient (Wildman–Crippen LogP) is 2.49. The molecule has 1 aliphatic heterocycles. The van der Waals surface area contributed by atoms with Gasteiger partial charge in [0.15, 0.2) is 0 Å². The van der Waals surface area contributed by atoms with Crippen molar-refractivity contribution in [3.8, 4) is 0 Å². The zero-order valence-electron chi connectivity index (χ0n) is 11.3. The maximum atomic E-state index is 12.2. The summed E-state index contributed by atoms with van der Waals surface area (Å²) in [5.74, 6) is 0.193. The largest absolute Gasteiger partial charge is 0.315 e. The van der Waals surface area contributed by atoms with E-state index in [4.69, 9.17) is 0 Å². The van der Waals surface area contributed by atoms with Crippen molar-refractivity contribution in [3.63, 3.8) is 0 Å². The van der Waals surface area contributed by atoms with Crippen molar-refractivity contribution >= 4 is 11.6 Å². The molecule has 1 aromatic rings. The highest BCUT2D eigenvalue weighted by molar-refractivity contribution is 5.93. The Labute approximate surface area is 109 Å². The molecule has 1 heterocycles. The molecule has 3 nitrogen and oxygen atoms in total. The number of carbonyl (C=O) groups excluding carboxylic acids is 1. The van der Waals surface area contributed by atoms with E-state index in [9.17, 15) is 4.79 Å². The van der Waals surface area contributed by atoms with Crippen LogP contribution in [0.3, 0.4) is 0 Å². The Hall–Kier alpha value is -1.35. The van der Waals surface area contributed by atoms with Crippen LogP contribution in [-0.4, -0.2) is 25.5 Å². The molecule has 1 atom stereocenters. The van der Waals surface area contributed by atoms with Gasteiger partial charge in [-0.15, -0.1) is 0 Å². The Kier molecular flexibility index (Phi) is 4.37. The van der Waals surface area contributed by atoms with Crippen LogP contribution in [0.25, 0.3) is 0 Å². The van der Waals surface area contributed by atoms with E-state index in [1.807, 2.05) is 31.3 Å². The molecular weight excluding hydrogens is 224 g/mol. The molecule has 0 aliphatic carbocycles. The van der Waals surface area contributed by atoms with Crippen LogP contribution >= 0.6 is 0 Å². The molecule has 1 aliphatic rings. The number of hydrogen-bond donors (Lipinski definition) is 1. The van der Waals surface area contributed by atoms with Gasteiger partial charge < -0.3 is 10.2 Å². The van der Waals surface area contributed by atoms with Crippen molar-refractivity contribution in [2.24, 2.45) is 0 Å². The Morgan fingerprint density at radius 2 is 2.06 bits per heavy atom. The van der Waals surface area contributed by atoms with Gasteiger partial charge in [-0.25, -0.2) is 0 Å². The molecule has 0 spiro atoms. The maximum absolute atomic E-state index is 12.2. The molecule has 98 valence electrons. The number of aryl methyl sites for hydroxylation is 1. The lowest BCUT2D eigenvalue weighted by molar-refractivity contribution is -0.118. The normalized spacial score (nSPS) is 19.6. The van der Waals surface area contributed by atoms with Gasteiger partial charge in [0.1, 0.15) is 0 Å². The van der Waals surface area contributed by atoms with E-state index in [1.165, 1.54) is 18.4 Å². The Morgan fingerprint density at radius 1 is 1.33 bits per heavy atom. The van der Waals surface area contributed by atoms with Gasteiger partial charge in [-0.3, -0.25) is 4.79 Å². The van der Waals surface area contributed by atoms with Crippen molar-refractivity contribution < 1.29 is 4.79 Å². The summed E-state index contributed by atoms with van der Waals surface area (Å²) >= 11 is 0. The van der Waals surface area contributed by atoms with Crippen LogP contribution in [0.2, 0.25) is 0 Å². The van der Waals surface area contributed by atoms with E-state index in [1.54, 1.807) is 4.90 Å². The minimum Gasteiger partial charge on any atom is -0.315 e. The number of piperidine rings is 1. The van der Waals surface area contributed by atoms with Crippen LogP contribution in [0.5, 0.6) is 0 Å². The van der Waals surface area contributed by atoms with Gasteiger partial charge >= 0.3 is 0 Å². The summed E-state index contributed by atoms with van der Waals surface area (Å²) < 4.78 is 0. The van der Waals surface area contributed by atoms with Gasteiger partial charge in [-0.05, 0) is 38.4 Å². The number of nitrogens with one attached hydrogen (secondary N) is 1. The highest BCUT2D eigenvalue weighted by Crippen LogP contribution is 2.17. The van der Waals surface area contributed by atoms with Crippen molar-refractivity contribution in [2.75, 3.05) is 18.5 Å². The third-order valence-electron chi connectivity index (χ3n) is 3.63. The molecular formula is C15H22N2O. The van der Waals surface area contributed by atoms with Crippen molar-refractivity contribution in [3.05, 3.63) is 29.8 Å². The van der Waals surface area contributed by atoms with Crippen molar-refractivity contribution in [2.45, 2.75) is 38.6 Å². The quantitative estimate of drug-likeness (QED) is 0.888. The molecule has 1 N–H and O–H groups in total. The Morgan fingerprint density at radius 3 is 2.67 bits per heavy atom. The standard InChI is InChI=1S/C15H22N2O/c1-12-6-8-14(9-7-12)17(2)15(18)11-13-5-3-4-10-16-13/h6-9,13,16H,3-5,10-11H2,1-2H3. The Bertz CT molecular complexity index is 393. The molecule has 0 bridgehead atoms. The average Bonchev–Trinajstić information content (AvgIpc) is 2.40. The molecule has 1 saturated heterocycles. The molecule has 1 fully saturated rings. The predicted molar refractivity (Wildman–Crippen MR) is 74.8 cm³/mol. The topological polar surface area (TPSA) is 32.3 Å². The van der Waals surface area contributed by atoms with Gasteiger partial charge in [0.05, 0.1) is 0 Å². The number of anilines is 1. The number of benzene rings is 1. The minimum absolute atomic E-state index is 0.193. The van der Waals surface area contributed by atoms with Gasteiger partial charge in [0.25, 0.3) is 0 Å². The second kappa shape index (κ2) is 6.01. The van der Waals surface area contributed by atoms with Crippen LogP contribution in [0.1, 0.15) is 31.2 Å². The van der Waals surface area contributed by atoms with Crippen LogP contribution < -0.4 is 10.2 Å². The van der Waals surface area contributed by atoms with Crippen molar-refractivity contribution in [1.82, 2.24) is 5.32 Å². The van der Waals surface area contributed by atoms with Crippen LogP contribution in [0.4, 0.5) is 5.69 Å². The number of carbonyl (C=O) groups is 1. The third kappa shape index (κ3) is 3.33. The zero-order valence-corrected chi connectivity index (χ0v) is 11.3. The van der Waals surface area contributed by atoms with Gasteiger partial charge in [0, 0.05) is 25.2 Å². The molecule has 1 amide bonds. The molecule has 0 saturated carbocycles. The molecule has 1 aromatic carbocycles. The lowest BCUT2D eigenvalue weighted by atomic mass is 10.0. The SMILES string of the molecule is Cc1ccc(N(C)C(=O)CC2CCCCN2)cc1. The fourth-order valence-corrected chi connectivity index (χ4v) is 2.36. The first kappa shape index (κ1) is 13.1. The van der Waals surface area contributed by atoms with Crippen molar-refractivity contribution in [1.29, 1.82) is 0 Å². The summed E-state index contributed by atoms with van der Waals surface area (Å²) in [5, 5.41) is 3.42. The number of hydrogen-bond acceptors (Lipinski definition) is 2. The summed E-state index contributed by atoms with van der Waals surface area (Å²) in [6.45, 7) is 3.10. The van der Waals surface area contributed by atoms with E-state index in [-0.39, 0.29) is 5.91 Å². The van der Waals surface area contributed by atoms with Gasteiger partial charge in [-0.2, -0.15) is 0 Å². The summed E-state index contributed by atoms with van der Waals surface area (Å²) in [5.41, 5.74) is 2.19. The first-order chi connectivity index (χ1) is 8.66. The molecule has 1 unspecified atom stereocenters. The monoisotopic (exact) mass is 246 g/mol. The molecule has 3 heteroatoms. The zero-order chi connectivity index (χ0) is 13.0. The summed E-state index contributed by atoms with van der Waals surface area (Å²) in [6.07, 6.45) is 4.19. The second-order valence-corrected chi connectivity index (χ2v) is 5.14. The summed E-state index contributed by atoms with van der Waals surface area (Å²) in [4.78, 5) is 13.9. The fourth-order valence-electron chi connectivity index (χ4n) is 2.36. The Balaban J connectivity index is 1.93. The summed E-state index contributed by atoms with van der Waals surface area (Å²) in [7, 11) is 1.86. The van der Waals surface area contributed by atoms with E-state index >= 15 is 0 Å². The molecule has 0 radical (unpaired) electrons. The van der Waals surface area contributed by atoms with Crippen LogP contribution in [0.15, 0.2) is 24.3 Å². The van der Waals surface area contributed by atoms with Crippen LogP contribution in [0, 0.1) is 6.92 Å². The highest BCUT2D eigenvalue weighted by Gasteiger charge is 2.19. The van der Waals surface area contributed by atoms with Crippen LogP contribution in [-0.2, 0) is 4.79 Å². The van der Waals surface area contributed by atoms with Gasteiger partial charge in [0.2, 0.25) is 5.91 Å². The van der Waals surface area contributed by atoms with E-state index < -0.39 is 0 Å². The second-order valence-electron chi connectivity index (χ2n) is 5.14. The lowest BCUT2D eigenvalue weighted by Gasteiger charge is -2.25. The highest BCUT2D eigenvalue weighted by atomic mass is 16.2. The van der Waals surface area contributed by atoms with E-state index in [2.05, 4.69) is 12.2 Å². The lowest BCUT2D eigenvalue weighted by Crippen LogP contribution is -2.39. The van der Waals surface area contributed by atoms with Gasteiger partial charge in [-0.1, -0.05) is 24.1 Å². The maximum Gasteiger partial charge on any atom is 0.228 e. The van der Waals surface area contributed by atoms with E-state index in [0.29, 0.717) is 12.5 Å². The van der Waals surface area contributed by atoms with E-state index in [0.717, 1.165) is 18.7 Å². The summed E-state index contributed by atoms with van der Waals surface area (Å²) in [6, 6.07) is 8.44. The number of rotatable bonds is 3. The first-order valence-electron chi connectivity index (χ1n) is 6.73. The average molecular weight is 246 g/mol. The first-order valence-corrected chi connectivity index (χ1v) is 6.73. The third-order valence-corrected chi connectivity index (χ3v) is 3.63. The molecule has 18 heavy (non-hydrogen) atoms. The molecule has 0 aromatic heterocycles.